The second-order valence-electron chi connectivity index (χ2n) is 7.22. The highest BCUT2D eigenvalue weighted by molar-refractivity contribution is 5.96. The molecule has 0 saturated heterocycles. The molecule has 0 aliphatic heterocycles. The van der Waals surface area contributed by atoms with Gasteiger partial charge in [0, 0.05) is 35.5 Å². The molecule has 0 bridgehead atoms. The van der Waals surface area contributed by atoms with Gasteiger partial charge in [-0.05, 0) is 54.4 Å². The van der Waals surface area contributed by atoms with E-state index in [9.17, 15) is 9.18 Å². The molecule has 0 fully saturated rings. The standard InChI is InChI=1S/C23H22FN5O/c1-14(25)20(30)13-27-21-7-6-18-22(16-8-10-26-11-9-16)19(28-23(18)29-21)12-15-2-4-17(24)5-3-15/h2-11,14H,12-13,25H2,1H3,(H2,27,28,29)/t14-/m0/s1. The van der Waals surface area contributed by atoms with Crippen molar-refractivity contribution in [3.05, 3.63) is 78.0 Å². The fourth-order valence-corrected chi connectivity index (χ4v) is 3.35. The number of carbonyl (C=O) groups excluding carboxylic acids is 1. The molecule has 0 spiro atoms. The number of nitrogens with zero attached hydrogens (tertiary/aromatic N) is 2. The summed E-state index contributed by atoms with van der Waals surface area (Å²) in [5.74, 6) is 0.244. The van der Waals surface area contributed by atoms with Gasteiger partial charge in [-0.2, -0.15) is 0 Å². The number of halogens is 1. The third kappa shape index (κ3) is 4.21. The fraction of sp³-hybridized carbons (Fsp3) is 0.174. The van der Waals surface area contributed by atoms with Crippen LogP contribution in [0.2, 0.25) is 0 Å². The summed E-state index contributed by atoms with van der Waals surface area (Å²) in [6, 6.07) is 13.7. The first kappa shape index (κ1) is 19.7. The zero-order valence-corrected chi connectivity index (χ0v) is 16.5. The van der Waals surface area contributed by atoms with Gasteiger partial charge >= 0.3 is 0 Å². The number of nitrogens with one attached hydrogen (secondary N) is 2. The van der Waals surface area contributed by atoms with E-state index in [1.54, 1.807) is 31.5 Å². The highest BCUT2D eigenvalue weighted by Crippen LogP contribution is 2.33. The summed E-state index contributed by atoms with van der Waals surface area (Å²) in [6.07, 6.45) is 4.10. The Labute approximate surface area is 173 Å². The van der Waals surface area contributed by atoms with Crippen LogP contribution in [0.4, 0.5) is 10.2 Å². The summed E-state index contributed by atoms with van der Waals surface area (Å²) in [5, 5.41) is 3.99. The van der Waals surface area contributed by atoms with Gasteiger partial charge in [0.05, 0.1) is 12.6 Å². The average Bonchev–Trinajstić information content (AvgIpc) is 3.11. The highest BCUT2D eigenvalue weighted by Gasteiger charge is 2.16. The quantitative estimate of drug-likeness (QED) is 0.437. The van der Waals surface area contributed by atoms with E-state index in [-0.39, 0.29) is 18.1 Å². The third-order valence-corrected chi connectivity index (χ3v) is 4.95. The van der Waals surface area contributed by atoms with Gasteiger partial charge in [0.25, 0.3) is 0 Å². The molecular weight excluding hydrogens is 381 g/mol. The smallest absolute Gasteiger partial charge is 0.168 e. The number of nitrogens with two attached hydrogens (primary N) is 1. The van der Waals surface area contributed by atoms with Crippen LogP contribution in [0, 0.1) is 5.82 Å². The number of carbonyl (C=O) groups is 1. The number of hydrogen-bond donors (Lipinski definition) is 3. The number of fused-ring (bicyclic) bond motifs is 1. The van der Waals surface area contributed by atoms with E-state index in [4.69, 9.17) is 5.73 Å². The molecule has 4 rings (SSSR count). The summed E-state index contributed by atoms with van der Waals surface area (Å²) >= 11 is 0. The Morgan fingerprint density at radius 3 is 2.57 bits per heavy atom. The number of ketones is 1. The monoisotopic (exact) mass is 403 g/mol. The summed E-state index contributed by atoms with van der Waals surface area (Å²) in [7, 11) is 0. The van der Waals surface area contributed by atoms with E-state index in [0.29, 0.717) is 17.9 Å². The van der Waals surface area contributed by atoms with E-state index in [1.807, 2.05) is 24.3 Å². The Morgan fingerprint density at radius 1 is 1.13 bits per heavy atom. The topological polar surface area (TPSA) is 96.7 Å². The number of Topliss-reactive ketones (excluding diaryl/α,β-unsaturated/α-hetero) is 1. The molecule has 0 amide bonds. The molecule has 0 aliphatic carbocycles. The minimum Gasteiger partial charge on any atom is -0.363 e. The molecule has 30 heavy (non-hydrogen) atoms. The number of aromatic amines is 1. The van der Waals surface area contributed by atoms with E-state index < -0.39 is 6.04 Å². The lowest BCUT2D eigenvalue weighted by molar-refractivity contribution is -0.118. The van der Waals surface area contributed by atoms with Gasteiger partial charge in [-0.1, -0.05) is 12.1 Å². The molecule has 0 aliphatic rings. The minimum atomic E-state index is -0.521. The second kappa shape index (κ2) is 8.42. The first-order chi connectivity index (χ1) is 14.5. The predicted octanol–water partition coefficient (Wildman–Crippen LogP) is 3.68. The maximum Gasteiger partial charge on any atom is 0.168 e. The highest BCUT2D eigenvalue weighted by atomic mass is 19.1. The van der Waals surface area contributed by atoms with Crippen LogP contribution in [-0.2, 0) is 11.2 Å². The van der Waals surface area contributed by atoms with Crippen molar-refractivity contribution in [3.63, 3.8) is 0 Å². The van der Waals surface area contributed by atoms with Crippen LogP contribution in [0.25, 0.3) is 22.2 Å². The maximum atomic E-state index is 13.3. The van der Waals surface area contributed by atoms with E-state index in [2.05, 4.69) is 20.3 Å². The van der Waals surface area contributed by atoms with Crippen LogP contribution in [0.5, 0.6) is 0 Å². The summed E-state index contributed by atoms with van der Waals surface area (Å²) in [6.45, 7) is 1.78. The van der Waals surface area contributed by atoms with Gasteiger partial charge in [0.15, 0.2) is 5.78 Å². The Morgan fingerprint density at radius 2 is 1.87 bits per heavy atom. The van der Waals surface area contributed by atoms with Gasteiger partial charge in [-0.15, -0.1) is 0 Å². The number of benzene rings is 1. The summed E-state index contributed by atoms with van der Waals surface area (Å²) in [4.78, 5) is 23.9. The Balaban J connectivity index is 1.73. The van der Waals surface area contributed by atoms with Gasteiger partial charge in [0.2, 0.25) is 0 Å². The lowest BCUT2D eigenvalue weighted by Gasteiger charge is -2.07. The number of anilines is 1. The van der Waals surface area contributed by atoms with E-state index in [0.717, 1.165) is 27.8 Å². The molecule has 0 radical (unpaired) electrons. The van der Waals surface area contributed by atoms with Gasteiger partial charge in [-0.3, -0.25) is 9.78 Å². The molecular formula is C23H22FN5O. The van der Waals surface area contributed by atoms with Gasteiger partial charge in [0.1, 0.15) is 17.3 Å². The first-order valence-corrected chi connectivity index (χ1v) is 9.70. The Hall–Kier alpha value is -3.58. The number of rotatable bonds is 7. The predicted molar refractivity (Wildman–Crippen MR) is 116 cm³/mol. The largest absolute Gasteiger partial charge is 0.363 e. The van der Waals surface area contributed by atoms with Crippen LogP contribution < -0.4 is 11.1 Å². The van der Waals surface area contributed by atoms with Crippen LogP contribution in [0.15, 0.2) is 60.9 Å². The van der Waals surface area contributed by atoms with Crippen LogP contribution in [-0.4, -0.2) is 33.3 Å². The number of aromatic nitrogens is 3. The van der Waals surface area contributed by atoms with Gasteiger partial charge < -0.3 is 16.0 Å². The average molecular weight is 403 g/mol. The van der Waals surface area contributed by atoms with Crippen LogP contribution in [0.3, 0.4) is 0 Å². The molecule has 7 heteroatoms. The third-order valence-electron chi connectivity index (χ3n) is 4.95. The molecule has 3 heterocycles. The lowest BCUT2D eigenvalue weighted by atomic mass is 10.00. The van der Waals surface area contributed by atoms with Crippen LogP contribution in [0.1, 0.15) is 18.2 Å². The van der Waals surface area contributed by atoms with Crippen molar-refractivity contribution in [2.45, 2.75) is 19.4 Å². The Bertz CT molecular complexity index is 1170. The molecule has 0 unspecified atom stereocenters. The SMILES string of the molecule is C[C@H](N)C(=O)CNc1ccc2c(-c3ccncc3)c(Cc3ccc(F)cc3)[nH]c2n1. The number of pyridine rings is 2. The van der Waals surface area contributed by atoms with Crippen molar-refractivity contribution < 1.29 is 9.18 Å². The molecule has 152 valence electrons. The lowest BCUT2D eigenvalue weighted by Crippen LogP contribution is -2.32. The van der Waals surface area contributed by atoms with E-state index >= 15 is 0 Å². The zero-order valence-electron chi connectivity index (χ0n) is 16.5. The first-order valence-electron chi connectivity index (χ1n) is 9.70. The van der Waals surface area contributed by atoms with E-state index in [1.165, 1.54) is 12.1 Å². The molecule has 4 N–H and O–H groups in total. The Kier molecular flexibility index (Phi) is 5.54. The molecule has 1 atom stereocenters. The minimum absolute atomic E-state index is 0.0853. The van der Waals surface area contributed by atoms with Crippen molar-refractivity contribution in [1.29, 1.82) is 0 Å². The van der Waals surface area contributed by atoms with Crippen molar-refractivity contribution in [2.75, 3.05) is 11.9 Å². The van der Waals surface area contributed by atoms with Crippen molar-refractivity contribution in [1.82, 2.24) is 15.0 Å². The van der Waals surface area contributed by atoms with Crippen LogP contribution >= 0.6 is 0 Å². The second-order valence-corrected chi connectivity index (χ2v) is 7.22. The summed E-state index contributed by atoms with van der Waals surface area (Å²) in [5.41, 5.74) is 10.3. The summed E-state index contributed by atoms with van der Waals surface area (Å²) < 4.78 is 13.3. The normalized spacial score (nSPS) is 12.1. The van der Waals surface area contributed by atoms with Crippen molar-refractivity contribution in [3.8, 4) is 11.1 Å². The molecule has 0 saturated carbocycles. The maximum absolute atomic E-state index is 13.3. The van der Waals surface area contributed by atoms with Crippen molar-refractivity contribution in [2.24, 2.45) is 5.73 Å². The fourth-order valence-electron chi connectivity index (χ4n) is 3.35. The number of hydrogen-bond acceptors (Lipinski definition) is 5. The molecule has 3 aromatic heterocycles. The molecule has 1 aromatic carbocycles. The van der Waals surface area contributed by atoms with Gasteiger partial charge in [-0.25, -0.2) is 9.37 Å². The molecule has 6 nitrogen and oxygen atoms in total. The molecule has 4 aromatic rings. The zero-order chi connectivity index (χ0) is 21.1. The number of H-pyrrole nitrogens is 1. The van der Waals surface area contributed by atoms with Crippen molar-refractivity contribution >= 4 is 22.6 Å².